The molecule has 129 heavy (non-hydrogen) atoms. The molecule has 712 valence electrons. The zero-order chi connectivity index (χ0) is 91.1. The Balaban J connectivity index is 0.000000361. The van der Waals surface area contributed by atoms with Gasteiger partial charge >= 0.3 is 11.9 Å². The Morgan fingerprint density at radius 2 is 0.767 bits per heavy atom. The summed E-state index contributed by atoms with van der Waals surface area (Å²) in [6, 6.07) is 32.1. The maximum atomic E-state index is 12.9. The van der Waals surface area contributed by atoms with Crippen molar-refractivity contribution in [3.05, 3.63) is 189 Å². The Hall–Kier alpha value is -6.51. The number of rotatable bonds is 47. The molecule has 0 aromatic heterocycles. The molecule has 0 radical (unpaired) electrons. The summed E-state index contributed by atoms with van der Waals surface area (Å²) in [6.45, 7) is 7.53. The molecule has 43 heteroatoms. The largest absolute Gasteiger partial charge is 1.00 e. The van der Waals surface area contributed by atoms with Gasteiger partial charge in [0.2, 0.25) is 20.0 Å². The summed E-state index contributed by atoms with van der Waals surface area (Å²) in [7, 11) is -4.60. The topological polar surface area (TPSA) is 400 Å². The molecule has 11 rings (SSSR count). The number of nitrogens with one attached hydrogen (secondary N) is 4. The number of sulfone groups is 1. The number of amides is 4. The van der Waals surface area contributed by atoms with E-state index in [0.29, 0.717) is 111 Å². The Morgan fingerprint density at radius 3 is 1.16 bits per heavy atom. The predicted molar refractivity (Wildman–Crippen MR) is 474 cm³/mol. The molecular formula is C86H110Cl8N8O24S3. The Morgan fingerprint density at radius 1 is 0.434 bits per heavy atom. The second kappa shape index (κ2) is 55.4. The number of hydroxylamine groups is 4. The van der Waals surface area contributed by atoms with Crippen LogP contribution in [-0.2, 0) is 135 Å². The van der Waals surface area contributed by atoms with Gasteiger partial charge in [-0.25, -0.2) is 44.3 Å². The number of halogens is 8. The van der Waals surface area contributed by atoms with Crippen LogP contribution in [0.25, 0.3) is 0 Å². The van der Waals surface area contributed by atoms with Crippen molar-refractivity contribution in [3.8, 4) is 0 Å². The molecule has 5 aliphatic rings. The van der Waals surface area contributed by atoms with E-state index in [4.69, 9.17) is 108 Å². The van der Waals surface area contributed by atoms with Crippen molar-refractivity contribution >= 4 is 147 Å². The third-order valence-corrected chi connectivity index (χ3v) is 27.0. The van der Waals surface area contributed by atoms with E-state index >= 15 is 0 Å². The first-order valence-electron chi connectivity index (χ1n) is 41.0. The number of quaternary nitrogens is 2. The molecule has 5 atom stereocenters. The summed E-state index contributed by atoms with van der Waals surface area (Å²) in [5.74, 6) is -4.79. The number of ether oxygens (including phenoxy) is 8. The molecule has 0 saturated carbocycles. The average molecular weight is 2020 g/mol. The van der Waals surface area contributed by atoms with E-state index in [2.05, 4.69) is 42.9 Å². The van der Waals surface area contributed by atoms with Crippen LogP contribution < -0.4 is 49.8 Å². The molecule has 0 aliphatic carbocycles. The molecule has 6 N–H and O–H groups in total. The van der Waals surface area contributed by atoms with Crippen LogP contribution in [0.4, 0.5) is 0 Å². The minimum absolute atomic E-state index is 0. The minimum atomic E-state index is -3.74. The number of carbonyl (C=O) groups is 8. The number of fused-ring (bicyclic) bond motifs is 3. The second-order valence-electron chi connectivity index (χ2n) is 30.4. The molecule has 2 fully saturated rings. The highest BCUT2D eigenvalue weighted by atomic mass is 35.5. The van der Waals surface area contributed by atoms with Crippen LogP contribution in [0.3, 0.4) is 0 Å². The summed E-state index contributed by atoms with van der Waals surface area (Å²) < 4.78 is 125. The van der Waals surface area contributed by atoms with Gasteiger partial charge in [0.25, 0.3) is 23.6 Å². The number of imide groups is 2. The molecule has 6 aromatic carbocycles. The highest BCUT2D eigenvalue weighted by Gasteiger charge is 2.37. The average Bonchev–Trinajstić information content (AvgIpc) is 1.53. The fraction of sp³-hybridized carbons (Fsp3) is 0.488. The number of sulfonamides is 2. The van der Waals surface area contributed by atoms with Crippen molar-refractivity contribution in [2.75, 3.05) is 172 Å². The summed E-state index contributed by atoms with van der Waals surface area (Å²) in [6.07, 6.45) is 1.70. The van der Waals surface area contributed by atoms with Gasteiger partial charge in [0.15, 0.2) is 21.4 Å². The van der Waals surface area contributed by atoms with Crippen LogP contribution in [0.2, 0.25) is 30.1 Å². The number of carbonyl (C=O) groups excluding carboxylic acids is 8. The number of hydrogen-bond acceptors (Lipinski definition) is 26. The fourth-order valence-corrected chi connectivity index (χ4v) is 19.5. The van der Waals surface area contributed by atoms with Gasteiger partial charge in [-0.1, -0.05) is 113 Å². The van der Waals surface area contributed by atoms with E-state index in [1.807, 2.05) is 61.6 Å². The lowest BCUT2D eigenvalue weighted by atomic mass is 9.85. The number of benzene rings is 6. The number of likely N-dealkylation sites (N-methyl/N-ethyl adjacent to an activating group) is 3. The first-order valence-corrected chi connectivity index (χ1v) is 47.8. The van der Waals surface area contributed by atoms with Crippen molar-refractivity contribution < 1.29 is 146 Å². The molecule has 2 saturated heterocycles. The van der Waals surface area contributed by atoms with Crippen molar-refractivity contribution in [1.82, 2.24) is 24.5 Å². The van der Waals surface area contributed by atoms with Crippen molar-refractivity contribution in [3.63, 3.8) is 0 Å². The molecule has 5 heterocycles. The van der Waals surface area contributed by atoms with Crippen LogP contribution in [-0.4, -0.2) is 259 Å². The summed E-state index contributed by atoms with van der Waals surface area (Å²) in [4.78, 5) is 106. The lowest BCUT2D eigenvalue weighted by Crippen LogP contribution is -3.09. The predicted octanol–water partition coefficient (Wildman–Crippen LogP) is 1.25. The van der Waals surface area contributed by atoms with Crippen LogP contribution in [0, 0.1) is 0 Å². The summed E-state index contributed by atoms with van der Waals surface area (Å²) in [5.41, 5.74) is 14.8. The normalized spacial score (nSPS) is 17.3. The van der Waals surface area contributed by atoms with Gasteiger partial charge in [0.05, 0.1) is 129 Å². The summed E-state index contributed by atoms with van der Waals surface area (Å²) >= 11 is 38.4. The number of hydrogen-bond donors (Lipinski definition) is 5. The van der Waals surface area contributed by atoms with Gasteiger partial charge in [-0.2, -0.15) is 0 Å². The summed E-state index contributed by atoms with van der Waals surface area (Å²) in [5, 5.41) is 4.38. The monoisotopic (exact) mass is 2010 g/mol. The third-order valence-electron chi connectivity index (χ3n) is 20.5. The molecule has 5 aliphatic heterocycles. The number of Topliss-reactive ketones (excluding diaryl/α,β-unsaturated/α-hetero) is 2. The van der Waals surface area contributed by atoms with Gasteiger partial charge in [-0.3, -0.25) is 28.8 Å². The number of ketones is 2. The standard InChI is InChI=1S/C50H62Cl4N4O11S2.C23H30Cl2N2O4S.C12H12N2O9.CH4.2ClH/c1-57-29-45(43-25-37(51)27-49(53)47(43)31-57)35-7-11-41(12-8-35)70(61,62)55-15-19-67-23-21-65-17-3-5-39(59)33-69-34-40(60)6-4-18-66-22-24-68-20-16-56-71(63,64)42-13-9-36(10-14-42)46-30-58(2)32-48-44(46)26-38(52)28-50(48)54;1-27-15-21(20-13-18(24)14-23(25)22(20)16-27)17-3-5-19(6-4-17)32(28,29)12-2-8-30-10-11-31-9-7-26;15-7-1-2-8(16)13(7)22-11(19)5-21-6-12(20)23-14-9(17)3-4-10(14)18;;;/h7-14,25-28,45-46,55-56H,3-6,15-24,29-34H2,1-2H3;3-6,13-14,21H,2,7-12,15-16,26H2,1H3;1-6H2;1H4;2*1H/t45-,46-;21-;;;;/m00..../s1. The van der Waals surface area contributed by atoms with Gasteiger partial charge in [-0.05, 0) is 138 Å². The third kappa shape index (κ3) is 35.0. The smallest absolute Gasteiger partial charge is 0.358 e. The SMILES string of the molecule is C.CN1Cc2c(Cl)cc(Cl)cc2[C@H](c2ccc(S(=O)(=O)CCCOCCOCCN)cc2)C1.C[NH+]1Cc2c(Cl)cc(Cl)cc2[C@H](c2ccc(S(=O)(=O)NCCOCCOCCCC(=O)COCC(=O)CCCOCCOCCNS(=O)(=O)c3ccc([C@@H]4C[NH+](C)Cc5c(Cl)cc(Cl)cc54)cc3)cc2)C1.O=C(COCC(=O)ON1C(=O)CCC1=O)ON1C(=O)CCC1=O.[Cl-].[Cl-]. The van der Waals surface area contributed by atoms with Gasteiger partial charge in [-0.15, -0.1) is 10.1 Å². The zero-order valence-corrected chi connectivity index (χ0v) is 79.3. The van der Waals surface area contributed by atoms with Gasteiger partial charge in [0.1, 0.15) is 39.5 Å². The molecule has 6 aromatic rings. The molecule has 32 nitrogen and oxygen atoms in total. The van der Waals surface area contributed by atoms with Crippen LogP contribution in [0.5, 0.6) is 0 Å². The zero-order valence-electron chi connectivity index (χ0n) is 70.8. The van der Waals surface area contributed by atoms with E-state index in [0.717, 1.165) is 89.3 Å². The molecule has 4 amide bonds. The Bertz CT molecular complexity index is 4840. The van der Waals surface area contributed by atoms with Crippen molar-refractivity contribution in [2.45, 2.75) is 117 Å². The van der Waals surface area contributed by atoms with E-state index in [1.54, 1.807) is 54.6 Å². The maximum Gasteiger partial charge on any atom is 0.358 e. The first kappa shape index (κ1) is 111. The molecular weight excluding hydrogens is 1910 g/mol. The van der Waals surface area contributed by atoms with Crippen LogP contribution in [0.1, 0.15) is 133 Å². The minimum Gasteiger partial charge on any atom is -1.00 e. The Labute approximate surface area is 795 Å². The fourth-order valence-electron chi connectivity index (χ4n) is 14.4. The van der Waals surface area contributed by atoms with Crippen LogP contribution in [0.15, 0.2) is 124 Å². The van der Waals surface area contributed by atoms with Gasteiger partial charge in [0, 0.05) is 128 Å². The van der Waals surface area contributed by atoms with Crippen LogP contribution >= 0.6 is 69.6 Å². The molecule has 0 spiro atoms. The first-order chi connectivity index (χ1) is 60.2. The molecule has 2 unspecified atom stereocenters. The van der Waals surface area contributed by atoms with Gasteiger partial charge < -0.3 is 92.8 Å². The number of nitrogens with zero attached hydrogens (tertiary/aromatic N) is 3. The lowest BCUT2D eigenvalue weighted by molar-refractivity contribution is -0.897. The lowest BCUT2D eigenvalue weighted by Gasteiger charge is -2.33. The maximum absolute atomic E-state index is 12.9. The number of nitrogens with two attached hydrogens (primary N) is 1. The highest BCUT2D eigenvalue weighted by Crippen LogP contribution is 2.41. The quantitative estimate of drug-likeness (QED) is 0.0265. The van der Waals surface area contributed by atoms with E-state index in [1.165, 1.54) is 9.80 Å². The molecule has 0 bridgehead atoms. The van der Waals surface area contributed by atoms with E-state index in [-0.39, 0.29) is 182 Å². The van der Waals surface area contributed by atoms with E-state index < -0.39 is 78.7 Å². The van der Waals surface area contributed by atoms with Crippen molar-refractivity contribution in [1.29, 1.82) is 0 Å². The highest BCUT2D eigenvalue weighted by molar-refractivity contribution is 7.91. The van der Waals surface area contributed by atoms with Crippen molar-refractivity contribution in [2.24, 2.45) is 5.73 Å². The van der Waals surface area contributed by atoms with E-state index in [9.17, 15) is 63.6 Å². The second-order valence-corrected chi connectivity index (χ2v) is 38.6. The Kier molecular flexibility index (Phi) is 47.7.